The molecule has 4 nitrogen and oxygen atoms in total. The lowest BCUT2D eigenvalue weighted by Crippen LogP contribution is -2.18. The van der Waals surface area contributed by atoms with E-state index in [2.05, 4.69) is 30.1 Å². The fourth-order valence-electron chi connectivity index (χ4n) is 3.02. The number of nitrogens with zero attached hydrogens (tertiary/aromatic N) is 4. The number of aromatic nitrogens is 3. The molecule has 0 aromatic carbocycles. The molecule has 2 heterocycles. The van der Waals surface area contributed by atoms with Crippen LogP contribution < -0.4 is 0 Å². The van der Waals surface area contributed by atoms with E-state index in [4.69, 9.17) is 5.26 Å². The molecular weight excluding hydrogens is 224 g/mol. The van der Waals surface area contributed by atoms with Crippen molar-refractivity contribution in [3.05, 3.63) is 29.7 Å². The molecule has 0 bridgehead atoms. The highest BCUT2D eigenvalue weighted by Crippen LogP contribution is 2.48. The van der Waals surface area contributed by atoms with Crippen LogP contribution >= 0.6 is 0 Å². The first kappa shape index (κ1) is 11.2. The molecule has 1 aliphatic carbocycles. The summed E-state index contributed by atoms with van der Waals surface area (Å²) in [5.41, 5.74) is 1.75. The van der Waals surface area contributed by atoms with E-state index in [1.807, 2.05) is 16.7 Å². The van der Waals surface area contributed by atoms with Crippen LogP contribution in [0.3, 0.4) is 0 Å². The van der Waals surface area contributed by atoms with Crippen molar-refractivity contribution < 1.29 is 0 Å². The number of rotatable bonds is 1. The quantitative estimate of drug-likeness (QED) is 0.770. The van der Waals surface area contributed by atoms with Crippen LogP contribution in [0.1, 0.15) is 50.4 Å². The van der Waals surface area contributed by atoms with Crippen LogP contribution in [0.4, 0.5) is 0 Å². The molecule has 1 unspecified atom stereocenters. The lowest BCUT2D eigenvalue weighted by Gasteiger charge is -2.25. The highest BCUT2D eigenvalue weighted by atomic mass is 15.2. The monoisotopic (exact) mass is 240 g/mol. The minimum absolute atomic E-state index is 0.269. The van der Waals surface area contributed by atoms with Gasteiger partial charge >= 0.3 is 0 Å². The third-order valence-corrected chi connectivity index (χ3v) is 4.13. The Morgan fingerprint density at radius 2 is 2.22 bits per heavy atom. The van der Waals surface area contributed by atoms with Gasteiger partial charge in [-0.05, 0) is 30.4 Å². The minimum atomic E-state index is 0.269. The molecule has 0 radical (unpaired) electrons. The SMILES string of the molecule is CC1(C)CCCC1c1nnc2ccc(C#N)cn12. The molecule has 0 aliphatic heterocycles. The van der Waals surface area contributed by atoms with E-state index in [1.165, 1.54) is 12.8 Å². The minimum Gasteiger partial charge on any atom is -0.285 e. The molecule has 2 aromatic rings. The van der Waals surface area contributed by atoms with Crippen molar-refractivity contribution in [2.45, 2.75) is 39.0 Å². The summed E-state index contributed by atoms with van der Waals surface area (Å²) in [6, 6.07) is 5.81. The summed E-state index contributed by atoms with van der Waals surface area (Å²) >= 11 is 0. The van der Waals surface area contributed by atoms with Crippen molar-refractivity contribution in [1.29, 1.82) is 5.26 Å². The first-order chi connectivity index (χ1) is 8.62. The van der Waals surface area contributed by atoms with E-state index in [0.29, 0.717) is 11.5 Å². The van der Waals surface area contributed by atoms with Crippen LogP contribution in [0.5, 0.6) is 0 Å². The van der Waals surface area contributed by atoms with Crippen LogP contribution in [-0.2, 0) is 0 Å². The van der Waals surface area contributed by atoms with Crippen molar-refractivity contribution in [3.63, 3.8) is 0 Å². The van der Waals surface area contributed by atoms with E-state index in [9.17, 15) is 0 Å². The largest absolute Gasteiger partial charge is 0.285 e. The fourth-order valence-corrected chi connectivity index (χ4v) is 3.02. The molecule has 0 saturated heterocycles. The molecular formula is C14H16N4. The van der Waals surface area contributed by atoms with Gasteiger partial charge in [-0.15, -0.1) is 10.2 Å². The summed E-state index contributed by atoms with van der Waals surface area (Å²) in [5, 5.41) is 17.5. The third-order valence-electron chi connectivity index (χ3n) is 4.13. The van der Waals surface area contributed by atoms with Crippen molar-refractivity contribution >= 4 is 5.65 Å². The highest BCUT2D eigenvalue weighted by molar-refractivity contribution is 5.43. The second-order valence-corrected chi connectivity index (χ2v) is 5.75. The molecule has 2 aromatic heterocycles. The number of pyridine rings is 1. The Balaban J connectivity index is 2.15. The summed E-state index contributed by atoms with van der Waals surface area (Å²) in [6.07, 6.45) is 5.47. The van der Waals surface area contributed by atoms with E-state index < -0.39 is 0 Å². The van der Waals surface area contributed by atoms with E-state index >= 15 is 0 Å². The Bertz CT molecular complexity index is 633. The molecule has 18 heavy (non-hydrogen) atoms. The molecule has 3 rings (SSSR count). The van der Waals surface area contributed by atoms with Gasteiger partial charge in [0.25, 0.3) is 0 Å². The molecule has 92 valence electrons. The third kappa shape index (κ3) is 1.59. The summed E-state index contributed by atoms with van der Waals surface area (Å²) < 4.78 is 1.98. The maximum Gasteiger partial charge on any atom is 0.160 e. The lowest BCUT2D eigenvalue weighted by atomic mass is 9.81. The van der Waals surface area contributed by atoms with Gasteiger partial charge < -0.3 is 0 Å². The molecule has 0 amide bonds. The molecule has 1 atom stereocenters. The molecule has 4 heteroatoms. The molecule has 0 N–H and O–H groups in total. The highest BCUT2D eigenvalue weighted by Gasteiger charge is 2.38. The van der Waals surface area contributed by atoms with Gasteiger partial charge in [-0.2, -0.15) is 5.26 Å². The van der Waals surface area contributed by atoms with Gasteiger partial charge in [0.2, 0.25) is 0 Å². The summed E-state index contributed by atoms with van der Waals surface area (Å²) in [4.78, 5) is 0. The zero-order valence-corrected chi connectivity index (χ0v) is 10.7. The van der Waals surface area contributed by atoms with Crippen molar-refractivity contribution in [2.24, 2.45) is 5.41 Å². The van der Waals surface area contributed by atoms with Gasteiger partial charge in [0.05, 0.1) is 5.56 Å². The van der Waals surface area contributed by atoms with E-state index in [0.717, 1.165) is 17.9 Å². The maximum atomic E-state index is 8.99. The Hall–Kier alpha value is -1.89. The van der Waals surface area contributed by atoms with Gasteiger partial charge in [0, 0.05) is 12.1 Å². The summed E-state index contributed by atoms with van der Waals surface area (Å²) in [7, 11) is 0. The molecule has 1 aliphatic rings. The van der Waals surface area contributed by atoms with Crippen LogP contribution in [-0.4, -0.2) is 14.6 Å². The standard InChI is InChI=1S/C14H16N4/c1-14(2)7-3-4-11(14)13-17-16-12-6-5-10(8-15)9-18(12)13/h5-6,9,11H,3-4,7H2,1-2H3. The first-order valence-electron chi connectivity index (χ1n) is 6.36. The van der Waals surface area contributed by atoms with Crippen LogP contribution in [0, 0.1) is 16.7 Å². The average molecular weight is 240 g/mol. The topological polar surface area (TPSA) is 54.0 Å². The normalized spacial score (nSPS) is 22.2. The Labute approximate surface area is 106 Å². The molecule has 0 spiro atoms. The van der Waals surface area contributed by atoms with E-state index in [1.54, 1.807) is 6.07 Å². The maximum absolute atomic E-state index is 8.99. The predicted octanol–water partition coefficient (Wildman–Crippen LogP) is 2.89. The second kappa shape index (κ2) is 3.81. The predicted molar refractivity (Wildman–Crippen MR) is 68.1 cm³/mol. The van der Waals surface area contributed by atoms with Gasteiger partial charge in [0.1, 0.15) is 11.9 Å². The Kier molecular flexibility index (Phi) is 2.37. The van der Waals surface area contributed by atoms with E-state index in [-0.39, 0.29) is 5.41 Å². The van der Waals surface area contributed by atoms with Gasteiger partial charge in [-0.3, -0.25) is 4.40 Å². The lowest BCUT2D eigenvalue weighted by molar-refractivity contribution is 0.320. The first-order valence-corrected chi connectivity index (χ1v) is 6.36. The van der Waals surface area contributed by atoms with Gasteiger partial charge in [-0.1, -0.05) is 20.3 Å². The smallest absolute Gasteiger partial charge is 0.160 e. The Morgan fingerprint density at radius 1 is 1.39 bits per heavy atom. The average Bonchev–Trinajstić information content (AvgIpc) is 2.90. The zero-order chi connectivity index (χ0) is 12.8. The summed E-state index contributed by atoms with van der Waals surface area (Å²) in [6.45, 7) is 4.58. The molecule has 1 fully saturated rings. The van der Waals surface area contributed by atoms with Crippen LogP contribution in [0.2, 0.25) is 0 Å². The zero-order valence-electron chi connectivity index (χ0n) is 10.7. The van der Waals surface area contributed by atoms with Crippen LogP contribution in [0.15, 0.2) is 18.3 Å². The van der Waals surface area contributed by atoms with Crippen molar-refractivity contribution in [1.82, 2.24) is 14.6 Å². The summed E-state index contributed by atoms with van der Waals surface area (Å²) in [5.74, 6) is 1.44. The fraction of sp³-hybridized carbons (Fsp3) is 0.500. The molecule has 1 saturated carbocycles. The number of hydrogen-bond acceptors (Lipinski definition) is 3. The Morgan fingerprint density at radius 3 is 2.89 bits per heavy atom. The van der Waals surface area contributed by atoms with Crippen molar-refractivity contribution in [2.75, 3.05) is 0 Å². The number of nitriles is 1. The van der Waals surface area contributed by atoms with Gasteiger partial charge in [0.15, 0.2) is 5.65 Å². The van der Waals surface area contributed by atoms with Gasteiger partial charge in [-0.25, -0.2) is 0 Å². The number of fused-ring (bicyclic) bond motifs is 1. The number of hydrogen-bond donors (Lipinski definition) is 0. The van der Waals surface area contributed by atoms with Crippen LogP contribution in [0.25, 0.3) is 5.65 Å². The van der Waals surface area contributed by atoms with Crippen molar-refractivity contribution in [3.8, 4) is 6.07 Å². The second-order valence-electron chi connectivity index (χ2n) is 5.75.